The van der Waals surface area contributed by atoms with E-state index in [1.54, 1.807) is 0 Å². The molecule has 1 aliphatic heterocycles. The molecule has 0 amide bonds. The number of hydrogen-bond donors (Lipinski definition) is 0. The van der Waals surface area contributed by atoms with E-state index in [4.69, 9.17) is 0 Å². The minimum absolute atomic E-state index is 1.32. The van der Waals surface area contributed by atoms with Gasteiger partial charge < -0.3 is 0 Å². The molecule has 0 spiro atoms. The van der Waals surface area contributed by atoms with Crippen LogP contribution in [0.3, 0.4) is 0 Å². The summed E-state index contributed by atoms with van der Waals surface area (Å²) in [6.07, 6.45) is 4.44. The van der Waals surface area contributed by atoms with Gasteiger partial charge in [-0.25, -0.2) is 0 Å². The minimum atomic E-state index is 1.32. The van der Waals surface area contributed by atoms with Crippen molar-refractivity contribution in [3.63, 3.8) is 0 Å². The van der Waals surface area contributed by atoms with E-state index >= 15 is 0 Å². The lowest BCUT2D eigenvalue weighted by atomic mass is 10.2. The number of hydrogen-bond acceptors (Lipinski definition) is 2. The zero-order chi connectivity index (χ0) is 10.3. The van der Waals surface area contributed by atoms with Crippen LogP contribution in [0.1, 0.15) is 15.3 Å². The molecule has 1 aliphatic rings. The molecule has 0 unspecified atom stereocenters. The quantitative estimate of drug-likeness (QED) is 0.540. The van der Waals surface area contributed by atoms with Crippen LogP contribution < -0.4 is 0 Å². The topological polar surface area (TPSA) is 0 Å². The standard InChI is InChI=1S/C13H10S2/c1-9-8-13-12(14-9)7-6-10-4-2-3-5-11(10)15-13/h2-8H,1H3. The summed E-state index contributed by atoms with van der Waals surface area (Å²) in [6, 6.07) is 10.8. The first-order chi connectivity index (χ1) is 7.33. The molecule has 0 atom stereocenters. The molecule has 0 N–H and O–H groups in total. The Bertz CT molecular complexity index is 535. The second-order valence-electron chi connectivity index (χ2n) is 3.56. The molecule has 0 radical (unpaired) electrons. The van der Waals surface area contributed by atoms with Crippen molar-refractivity contribution in [1.82, 2.24) is 0 Å². The summed E-state index contributed by atoms with van der Waals surface area (Å²) in [4.78, 5) is 5.51. The molecule has 15 heavy (non-hydrogen) atoms. The van der Waals surface area contributed by atoms with Gasteiger partial charge in [0.15, 0.2) is 0 Å². The Kier molecular flexibility index (Phi) is 2.19. The van der Waals surface area contributed by atoms with Gasteiger partial charge in [-0.3, -0.25) is 0 Å². The van der Waals surface area contributed by atoms with E-state index < -0.39 is 0 Å². The van der Waals surface area contributed by atoms with Gasteiger partial charge in [0.05, 0.1) is 0 Å². The molecule has 2 heterocycles. The van der Waals surface area contributed by atoms with Gasteiger partial charge >= 0.3 is 0 Å². The Morgan fingerprint density at radius 1 is 1.00 bits per heavy atom. The molecule has 2 heteroatoms. The Morgan fingerprint density at radius 3 is 2.80 bits per heavy atom. The maximum atomic E-state index is 2.27. The van der Waals surface area contributed by atoms with Crippen molar-refractivity contribution in [2.24, 2.45) is 0 Å². The fraction of sp³-hybridized carbons (Fsp3) is 0.0769. The maximum Gasteiger partial charge on any atom is 0.0412 e. The van der Waals surface area contributed by atoms with Crippen LogP contribution in [0, 0.1) is 6.92 Å². The van der Waals surface area contributed by atoms with Gasteiger partial charge in [-0.15, -0.1) is 11.3 Å². The predicted molar refractivity (Wildman–Crippen MR) is 68.5 cm³/mol. The highest BCUT2D eigenvalue weighted by Gasteiger charge is 2.11. The van der Waals surface area contributed by atoms with E-state index in [1.807, 2.05) is 23.1 Å². The number of benzene rings is 1. The minimum Gasteiger partial charge on any atom is -0.140 e. The largest absolute Gasteiger partial charge is 0.140 e. The third-order valence-corrected chi connectivity index (χ3v) is 4.70. The first kappa shape index (κ1) is 9.25. The van der Waals surface area contributed by atoms with Crippen molar-refractivity contribution in [1.29, 1.82) is 0 Å². The lowest BCUT2D eigenvalue weighted by Gasteiger charge is -2.01. The van der Waals surface area contributed by atoms with Crippen molar-refractivity contribution >= 4 is 35.3 Å². The molecule has 0 saturated heterocycles. The van der Waals surface area contributed by atoms with Crippen molar-refractivity contribution in [2.75, 3.05) is 0 Å². The molecule has 74 valence electrons. The molecule has 0 saturated carbocycles. The molecule has 1 aromatic heterocycles. The second kappa shape index (κ2) is 3.54. The van der Waals surface area contributed by atoms with Crippen molar-refractivity contribution in [3.8, 4) is 0 Å². The van der Waals surface area contributed by atoms with E-state index in [1.165, 1.54) is 25.1 Å². The third kappa shape index (κ3) is 1.64. The second-order valence-corrected chi connectivity index (χ2v) is 5.93. The van der Waals surface area contributed by atoms with Crippen LogP contribution in [-0.2, 0) is 0 Å². The first-order valence-corrected chi connectivity index (χ1v) is 6.51. The molecule has 1 aromatic carbocycles. The molecule has 0 aliphatic carbocycles. The first-order valence-electron chi connectivity index (χ1n) is 4.88. The summed E-state index contributed by atoms with van der Waals surface area (Å²) in [5.74, 6) is 0. The van der Waals surface area contributed by atoms with Gasteiger partial charge in [-0.05, 0) is 30.7 Å². The van der Waals surface area contributed by atoms with Crippen LogP contribution in [0.15, 0.2) is 40.1 Å². The van der Waals surface area contributed by atoms with Crippen LogP contribution >= 0.6 is 23.1 Å². The molecular formula is C13H10S2. The van der Waals surface area contributed by atoms with E-state index in [-0.39, 0.29) is 0 Å². The fourth-order valence-corrected chi connectivity index (χ4v) is 3.89. The van der Waals surface area contributed by atoms with E-state index in [0.717, 1.165) is 0 Å². The van der Waals surface area contributed by atoms with E-state index in [9.17, 15) is 0 Å². The van der Waals surface area contributed by atoms with Crippen LogP contribution in [0.2, 0.25) is 0 Å². The van der Waals surface area contributed by atoms with Gasteiger partial charge in [0, 0.05) is 19.5 Å². The van der Waals surface area contributed by atoms with Crippen LogP contribution in [0.5, 0.6) is 0 Å². The molecular weight excluding hydrogens is 220 g/mol. The number of aryl methyl sites for hydroxylation is 1. The van der Waals surface area contributed by atoms with Crippen LogP contribution in [-0.4, -0.2) is 0 Å². The van der Waals surface area contributed by atoms with Gasteiger partial charge in [0.25, 0.3) is 0 Å². The summed E-state index contributed by atoms with van der Waals surface area (Å²) >= 11 is 3.74. The van der Waals surface area contributed by atoms with Gasteiger partial charge in [-0.2, -0.15) is 0 Å². The summed E-state index contributed by atoms with van der Waals surface area (Å²) in [7, 11) is 0. The average molecular weight is 230 g/mol. The Hall–Kier alpha value is -0.990. The Balaban J connectivity index is 2.17. The molecule has 3 rings (SSSR count). The lowest BCUT2D eigenvalue weighted by molar-refractivity contribution is 1.41. The summed E-state index contributed by atoms with van der Waals surface area (Å²) in [5.41, 5.74) is 1.32. The van der Waals surface area contributed by atoms with Crippen molar-refractivity contribution < 1.29 is 0 Å². The summed E-state index contributed by atoms with van der Waals surface area (Å²) < 4.78 is 0. The highest BCUT2D eigenvalue weighted by Crippen LogP contribution is 2.40. The fourth-order valence-electron chi connectivity index (χ4n) is 1.70. The molecule has 2 aromatic rings. The monoisotopic (exact) mass is 230 g/mol. The Morgan fingerprint density at radius 2 is 1.87 bits per heavy atom. The molecule has 0 nitrogen and oxygen atoms in total. The van der Waals surface area contributed by atoms with Gasteiger partial charge in [0.2, 0.25) is 0 Å². The third-order valence-electron chi connectivity index (χ3n) is 2.40. The van der Waals surface area contributed by atoms with Crippen molar-refractivity contribution in [2.45, 2.75) is 16.7 Å². The highest BCUT2D eigenvalue weighted by atomic mass is 32.2. The van der Waals surface area contributed by atoms with Gasteiger partial charge in [-0.1, -0.05) is 36.0 Å². The van der Waals surface area contributed by atoms with Gasteiger partial charge in [0.1, 0.15) is 0 Å². The molecule has 0 bridgehead atoms. The summed E-state index contributed by atoms with van der Waals surface area (Å²) in [5, 5.41) is 0. The number of fused-ring (bicyclic) bond motifs is 2. The van der Waals surface area contributed by atoms with Crippen LogP contribution in [0.25, 0.3) is 12.2 Å². The smallest absolute Gasteiger partial charge is 0.0412 e. The van der Waals surface area contributed by atoms with Crippen LogP contribution in [0.4, 0.5) is 0 Å². The maximum absolute atomic E-state index is 2.27. The molecule has 0 fully saturated rings. The number of thiophene rings is 1. The summed E-state index contributed by atoms with van der Waals surface area (Å²) in [6.45, 7) is 2.17. The Labute approximate surface area is 97.7 Å². The predicted octanol–water partition coefficient (Wildman–Crippen LogP) is 4.69. The zero-order valence-corrected chi connectivity index (χ0v) is 9.99. The lowest BCUT2D eigenvalue weighted by Crippen LogP contribution is -1.75. The zero-order valence-electron chi connectivity index (χ0n) is 8.36. The average Bonchev–Trinajstić information content (AvgIpc) is 2.49. The van der Waals surface area contributed by atoms with E-state index in [2.05, 4.69) is 49.4 Å². The van der Waals surface area contributed by atoms with E-state index in [0.29, 0.717) is 0 Å². The SMILES string of the molecule is Cc1cc2c(s1)C=Cc1ccccc1S2. The number of rotatable bonds is 0. The van der Waals surface area contributed by atoms with Crippen molar-refractivity contribution in [3.05, 3.63) is 45.6 Å². The highest BCUT2D eigenvalue weighted by molar-refractivity contribution is 7.99. The normalized spacial score (nSPS) is 13.1.